The number of hydrogen-bond acceptors (Lipinski definition) is 2. The summed E-state index contributed by atoms with van der Waals surface area (Å²) in [5.41, 5.74) is -0.414. The zero-order valence-electron chi connectivity index (χ0n) is 10.8. The van der Waals surface area contributed by atoms with Crippen LogP contribution in [0, 0.1) is 11.3 Å². The van der Waals surface area contributed by atoms with E-state index in [4.69, 9.17) is 4.74 Å². The zero-order valence-corrected chi connectivity index (χ0v) is 10.8. The molecule has 0 aromatic rings. The normalized spacial score (nSPS) is 35.2. The molecule has 0 spiro atoms. The van der Waals surface area contributed by atoms with Gasteiger partial charge in [0.25, 0.3) is 0 Å². The molecule has 1 rings (SSSR count). The van der Waals surface area contributed by atoms with Gasteiger partial charge in [-0.05, 0) is 24.2 Å². The van der Waals surface area contributed by atoms with Crippen molar-refractivity contribution in [2.75, 3.05) is 7.11 Å². The molecule has 0 aliphatic heterocycles. The Balaban J connectivity index is 2.84. The molecule has 0 aromatic heterocycles. The second-order valence-electron chi connectivity index (χ2n) is 6.24. The van der Waals surface area contributed by atoms with Gasteiger partial charge in [-0.1, -0.05) is 40.5 Å². The van der Waals surface area contributed by atoms with E-state index in [1.54, 1.807) is 7.11 Å². The van der Waals surface area contributed by atoms with Crippen LogP contribution in [0.3, 0.4) is 0 Å². The van der Waals surface area contributed by atoms with Crippen LogP contribution in [0.5, 0.6) is 0 Å². The molecule has 0 saturated heterocycles. The highest BCUT2D eigenvalue weighted by Crippen LogP contribution is 2.42. The van der Waals surface area contributed by atoms with Crippen molar-refractivity contribution in [1.29, 1.82) is 0 Å². The van der Waals surface area contributed by atoms with Gasteiger partial charge in [-0.25, -0.2) is 0 Å². The SMILES string of the molecule is COC1(C(O)C(C)(C)C)CCCC(C)C1. The molecule has 3 atom stereocenters. The summed E-state index contributed by atoms with van der Waals surface area (Å²) in [5.74, 6) is 0.663. The van der Waals surface area contributed by atoms with E-state index < -0.39 is 0 Å². The van der Waals surface area contributed by atoms with Gasteiger partial charge < -0.3 is 9.84 Å². The van der Waals surface area contributed by atoms with E-state index in [-0.39, 0.29) is 17.1 Å². The molecule has 3 unspecified atom stereocenters. The molecule has 1 aliphatic rings. The standard InChI is InChI=1S/C13H26O2/c1-10-7-6-8-13(9-10,15-5)11(14)12(2,3)4/h10-11,14H,6-9H2,1-5H3. The van der Waals surface area contributed by atoms with Crippen molar-refractivity contribution in [1.82, 2.24) is 0 Å². The third kappa shape index (κ3) is 2.73. The van der Waals surface area contributed by atoms with Crippen LogP contribution in [0.4, 0.5) is 0 Å². The first-order valence-corrected chi connectivity index (χ1v) is 6.05. The predicted molar refractivity (Wildman–Crippen MR) is 62.8 cm³/mol. The van der Waals surface area contributed by atoms with Crippen molar-refractivity contribution in [3.8, 4) is 0 Å². The highest BCUT2D eigenvalue weighted by atomic mass is 16.5. The highest BCUT2D eigenvalue weighted by molar-refractivity contribution is 4.97. The average Bonchev–Trinajstić information content (AvgIpc) is 2.15. The van der Waals surface area contributed by atoms with Crippen LogP contribution in [0.15, 0.2) is 0 Å². The van der Waals surface area contributed by atoms with Gasteiger partial charge in [0.1, 0.15) is 0 Å². The van der Waals surface area contributed by atoms with E-state index in [0.29, 0.717) is 5.92 Å². The number of hydrogen-bond donors (Lipinski definition) is 1. The minimum absolute atomic E-state index is 0.104. The van der Waals surface area contributed by atoms with E-state index in [9.17, 15) is 5.11 Å². The molecular formula is C13H26O2. The molecule has 2 heteroatoms. The lowest BCUT2D eigenvalue weighted by atomic mass is 9.69. The molecule has 0 radical (unpaired) electrons. The van der Waals surface area contributed by atoms with E-state index in [1.807, 2.05) is 0 Å². The van der Waals surface area contributed by atoms with Gasteiger partial charge in [0, 0.05) is 7.11 Å². The summed E-state index contributed by atoms with van der Waals surface area (Å²) < 4.78 is 5.69. The fourth-order valence-corrected chi connectivity index (χ4v) is 2.88. The van der Waals surface area contributed by atoms with Gasteiger partial charge in [0.2, 0.25) is 0 Å². The van der Waals surface area contributed by atoms with Gasteiger partial charge in [0.05, 0.1) is 11.7 Å². The fraction of sp³-hybridized carbons (Fsp3) is 1.00. The number of methoxy groups -OCH3 is 1. The summed E-state index contributed by atoms with van der Waals surface area (Å²) in [5, 5.41) is 10.5. The highest BCUT2D eigenvalue weighted by Gasteiger charge is 2.46. The fourth-order valence-electron chi connectivity index (χ4n) is 2.88. The van der Waals surface area contributed by atoms with Crippen molar-refractivity contribution in [3.63, 3.8) is 0 Å². The van der Waals surface area contributed by atoms with Crippen molar-refractivity contribution in [2.24, 2.45) is 11.3 Å². The van der Waals surface area contributed by atoms with Gasteiger partial charge in [-0.3, -0.25) is 0 Å². The van der Waals surface area contributed by atoms with E-state index in [2.05, 4.69) is 27.7 Å². The lowest BCUT2D eigenvalue weighted by Gasteiger charge is -2.46. The smallest absolute Gasteiger partial charge is 0.0944 e. The Morgan fingerprint density at radius 2 is 2.00 bits per heavy atom. The first-order valence-electron chi connectivity index (χ1n) is 6.05. The van der Waals surface area contributed by atoms with Gasteiger partial charge in [0.15, 0.2) is 0 Å². The number of aliphatic hydroxyl groups is 1. The van der Waals surface area contributed by atoms with Crippen LogP contribution in [0.25, 0.3) is 0 Å². The molecule has 0 amide bonds. The monoisotopic (exact) mass is 214 g/mol. The molecule has 0 bridgehead atoms. The summed E-state index contributed by atoms with van der Waals surface area (Å²) in [7, 11) is 1.74. The van der Waals surface area contributed by atoms with Crippen molar-refractivity contribution in [3.05, 3.63) is 0 Å². The molecule has 90 valence electrons. The number of ether oxygens (including phenoxy) is 1. The number of rotatable bonds is 2. The minimum Gasteiger partial charge on any atom is -0.390 e. The van der Waals surface area contributed by atoms with Crippen LogP contribution in [0.1, 0.15) is 53.4 Å². The molecule has 15 heavy (non-hydrogen) atoms. The Labute approximate surface area is 94.0 Å². The minimum atomic E-state index is -0.377. The first kappa shape index (κ1) is 13.0. The maximum Gasteiger partial charge on any atom is 0.0944 e. The molecular weight excluding hydrogens is 188 g/mol. The van der Waals surface area contributed by atoms with Gasteiger partial charge >= 0.3 is 0 Å². The third-order valence-corrected chi connectivity index (χ3v) is 3.72. The Bertz CT molecular complexity index is 207. The molecule has 0 aromatic carbocycles. The van der Waals surface area contributed by atoms with E-state index in [0.717, 1.165) is 12.8 Å². The molecule has 0 heterocycles. The quantitative estimate of drug-likeness (QED) is 0.765. The Kier molecular flexibility index (Phi) is 3.83. The van der Waals surface area contributed by atoms with E-state index >= 15 is 0 Å². The summed E-state index contributed by atoms with van der Waals surface area (Å²) in [6.07, 6.45) is 4.04. The summed E-state index contributed by atoms with van der Waals surface area (Å²) in [6.45, 7) is 8.50. The topological polar surface area (TPSA) is 29.5 Å². The second kappa shape index (κ2) is 4.42. The molecule has 1 saturated carbocycles. The van der Waals surface area contributed by atoms with Gasteiger partial charge in [-0.15, -0.1) is 0 Å². The van der Waals surface area contributed by atoms with Crippen LogP contribution in [0.2, 0.25) is 0 Å². The van der Waals surface area contributed by atoms with Crippen LogP contribution in [-0.4, -0.2) is 23.9 Å². The largest absolute Gasteiger partial charge is 0.390 e. The Morgan fingerprint density at radius 3 is 2.40 bits per heavy atom. The van der Waals surface area contributed by atoms with Crippen molar-refractivity contribution >= 4 is 0 Å². The third-order valence-electron chi connectivity index (χ3n) is 3.72. The maximum absolute atomic E-state index is 10.5. The first-order chi connectivity index (χ1) is 6.82. The predicted octanol–water partition coefficient (Wildman–Crippen LogP) is 2.99. The number of aliphatic hydroxyl groups excluding tert-OH is 1. The zero-order chi connectivity index (χ0) is 11.7. The summed E-state index contributed by atoms with van der Waals surface area (Å²) in [6, 6.07) is 0. The van der Waals surface area contributed by atoms with Crippen molar-refractivity contribution < 1.29 is 9.84 Å². The molecule has 1 aliphatic carbocycles. The second-order valence-corrected chi connectivity index (χ2v) is 6.24. The Hall–Kier alpha value is -0.0800. The summed E-state index contributed by atoms with van der Waals surface area (Å²) in [4.78, 5) is 0. The molecule has 1 fully saturated rings. The average molecular weight is 214 g/mol. The Morgan fingerprint density at radius 1 is 1.40 bits per heavy atom. The molecule has 2 nitrogen and oxygen atoms in total. The van der Waals surface area contributed by atoms with Crippen LogP contribution < -0.4 is 0 Å². The molecule has 1 N–H and O–H groups in total. The van der Waals surface area contributed by atoms with Gasteiger partial charge in [-0.2, -0.15) is 0 Å². The van der Waals surface area contributed by atoms with Crippen LogP contribution >= 0.6 is 0 Å². The maximum atomic E-state index is 10.5. The summed E-state index contributed by atoms with van der Waals surface area (Å²) >= 11 is 0. The van der Waals surface area contributed by atoms with Crippen molar-refractivity contribution in [2.45, 2.75) is 65.1 Å². The lowest BCUT2D eigenvalue weighted by molar-refractivity contribution is -0.164. The van der Waals surface area contributed by atoms with E-state index in [1.165, 1.54) is 12.8 Å². The lowest BCUT2D eigenvalue weighted by Crippen LogP contribution is -2.53. The van der Waals surface area contributed by atoms with Crippen LogP contribution in [-0.2, 0) is 4.74 Å².